The first-order chi connectivity index (χ1) is 12.2. The van der Waals surface area contributed by atoms with Gasteiger partial charge in [0.1, 0.15) is 22.2 Å². The highest BCUT2D eigenvalue weighted by Crippen LogP contribution is 2.54. The minimum Gasteiger partial charge on any atom is -0.310 e. The SMILES string of the molecule is CC1CCC2c3c(SCC(=O)Nc4ccccn4)ncnc3SC2C1. The van der Waals surface area contributed by atoms with E-state index < -0.39 is 0 Å². The summed E-state index contributed by atoms with van der Waals surface area (Å²) in [6.45, 7) is 2.34. The van der Waals surface area contributed by atoms with Gasteiger partial charge in [0, 0.05) is 22.9 Å². The van der Waals surface area contributed by atoms with Crippen molar-refractivity contribution in [3.63, 3.8) is 0 Å². The van der Waals surface area contributed by atoms with E-state index in [0.29, 0.717) is 22.7 Å². The van der Waals surface area contributed by atoms with E-state index in [2.05, 4.69) is 27.2 Å². The highest BCUT2D eigenvalue weighted by molar-refractivity contribution is 8.01. The molecule has 4 rings (SSSR count). The van der Waals surface area contributed by atoms with Crippen LogP contribution in [0.15, 0.2) is 40.8 Å². The van der Waals surface area contributed by atoms with Crippen LogP contribution >= 0.6 is 23.5 Å². The molecule has 0 spiro atoms. The molecule has 1 saturated carbocycles. The van der Waals surface area contributed by atoms with Crippen molar-refractivity contribution in [2.24, 2.45) is 5.92 Å². The molecule has 1 amide bonds. The first-order valence-corrected chi connectivity index (χ1v) is 10.4. The standard InChI is InChI=1S/C18H20N4OS2/c1-11-5-6-12-13(8-11)25-18-16(12)17(20-10-21-18)24-9-15(23)22-14-4-2-3-7-19-14/h2-4,7,10-13H,5-6,8-9H2,1H3,(H,19,22,23). The van der Waals surface area contributed by atoms with E-state index in [1.807, 2.05) is 23.9 Å². The largest absolute Gasteiger partial charge is 0.310 e. The van der Waals surface area contributed by atoms with Crippen molar-refractivity contribution >= 4 is 35.2 Å². The molecule has 3 unspecified atom stereocenters. The molecule has 7 heteroatoms. The molecule has 1 aliphatic heterocycles. The molecule has 2 aromatic rings. The van der Waals surface area contributed by atoms with Crippen LogP contribution in [0.2, 0.25) is 0 Å². The first-order valence-electron chi connectivity index (χ1n) is 8.56. The zero-order valence-electron chi connectivity index (χ0n) is 14.0. The maximum absolute atomic E-state index is 12.2. The summed E-state index contributed by atoms with van der Waals surface area (Å²) in [6.07, 6.45) is 7.01. The minimum atomic E-state index is -0.0597. The Balaban J connectivity index is 1.44. The minimum absolute atomic E-state index is 0.0597. The lowest BCUT2D eigenvalue weighted by molar-refractivity contribution is -0.113. The third-order valence-electron chi connectivity index (χ3n) is 4.77. The Morgan fingerprint density at radius 1 is 1.32 bits per heavy atom. The van der Waals surface area contributed by atoms with E-state index in [0.717, 1.165) is 16.0 Å². The maximum atomic E-state index is 12.2. The number of hydrogen-bond donors (Lipinski definition) is 1. The molecule has 0 radical (unpaired) electrons. The van der Waals surface area contributed by atoms with Crippen LogP contribution in [0.5, 0.6) is 0 Å². The number of nitrogens with one attached hydrogen (secondary N) is 1. The number of pyridine rings is 1. The maximum Gasteiger partial charge on any atom is 0.235 e. The predicted molar refractivity (Wildman–Crippen MR) is 101 cm³/mol. The van der Waals surface area contributed by atoms with Gasteiger partial charge in [0.05, 0.1) is 5.75 Å². The summed E-state index contributed by atoms with van der Waals surface area (Å²) in [6, 6.07) is 5.47. The van der Waals surface area contributed by atoms with Crippen LogP contribution in [0.25, 0.3) is 0 Å². The number of aromatic nitrogens is 3. The Bertz CT molecular complexity index is 771. The molecule has 0 bridgehead atoms. The summed E-state index contributed by atoms with van der Waals surface area (Å²) in [5.41, 5.74) is 1.28. The number of hydrogen-bond acceptors (Lipinski definition) is 6. The van der Waals surface area contributed by atoms with Crippen molar-refractivity contribution in [2.45, 2.75) is 47.4 Å². The second-order valence-electron chi connectivity index (χ2n) is 6.63. The fourth-order valence-electron chi connectivity index (χ4n) is 3.57. The molecule has 2 aliphatic rings. The quantitative estimate of drug-likeness (QED) is 0.647. The van der Waals surface area contributed by atoms with Gasteiger partial charge in [-0.2, -0.15) is 0 Å². The molecule has 0 saturated heterocycles. The van der Waals surface area contributed by atoms with Gasteiger partial charge in [0.25, 0.3) is 0 Å². The Kier molecular flexibility index (Phi) is 4.94. The fraction of sp³-hybridized carbons (Fsp3) is 0.444. The van der Waals surface area contributed by atoms with Crippen molar-refractivity contribution < 1.29 is 4.79 Å². The van der Waals surface area contributed by atoms with Gasteiger partial charge in [0.15, 0.2) is 0 Å². The van der Waals surface area contributed by atoms with Crippen LogP contribution in [-0.4, -0.2) is 31.9 Å². The summed E-state index contributed by atoms with van der Waals surface area (Å²) in [7, 11) is 0. The molecule has 3 heterocycles. The van der Waals surface area contributed by atoms with Crippen molar-refractivity contribution in [1.29, 1.82) is 0 Å². The molecule has 130 valence electrons. The van der Waals surface area contributed by atoms with Gasteiger partial charge < -0.3 is 5.32 Å². The van der Waals surface area contributed by atoms with Gasteiger partial charge in [-0.25, -0.2) is 15.0 Å². The lowest BCUT2D eigenvalue weighted by Gasteiger charge is -2.29. The molecular formula is C18H20N4OS2. The van der Waals surface area contributed by atoms with Gasteiger partial charge in [-0.05, 0) is 30.9 Å². The fourth-order valence-corrected chi connectivity index (χ4v) is 6.13. The molecule has 3 atom stereocenters. The monoisotopic (exact) mass is 372 g/mol. The van der Waals surface area contributed by atoms with Crippen LogP contribution < -0.4 is 5.32 Å². The second-order valence-corrected chi connectivity index (χ2v) is 8.82. The number of nitrogens with zero attached hydrogens (tertiary/aromatic N) is 3. The van der Waals surface area contributed by atoms with Gasteiger partial charge in [0.2, 0.25) is 5.91 Å². The number of carbonyl (C=O) groups is 1. The Labute approximate surface area is 155 Å². The average molecular weight is 373 g/mol. The lowest BCUT2D eigenvalue weighted by atomic mass is 9.80. The number of carbonyl (C=O) groups excluding carboxylic acids is 1. The van der Waals surface area contributed by atoms with Crippen LogP contribution in [0.3, 0.4) is 0 Å². The predicted octanol–water partition coefficient (Wildman–Crippen LogP) is 3.98. The normalized spacial score (nSPS) is 24.4. The van der Waals surface area contributed by atoms with Crippen molar-refractivity contribution in [3.8, 4) is 0 Å². The van der Waals surface area contributed by atoms with Gasteiger partial charge in [-0.15, -0.1) is 11.8 Å². The molecule has 5 nitrogen and oxygen atoms in total. The van der Waals surface area contributed by atoms with E-state index >= 15 is 0 Å². The van der Waals surface area contributed by atoms with Gasteiger partial charge in [-0.1, -0.05) is 31.2 Å². The number of amides is 1. The van der Waals surface area contributed by atoms with Crippen LogP contribution in [0.4, 0.5) is 5.82 Å². The number of rotatable bonds is 4. The molecule has 1 fully saturated rings. The average Bonchev–Trinajstić information content (AvgIpc) is 2.98. The second kappa shape index (κ2) is 7.33. The van der Waals surface area contributed by atoms with Crippen molar-refractivity contribution in [1.82, 2.24) is 15.0 Å². The van der Waals surface area contributed by atoms with E-state index in [9.17, 15) is 4.79 Å². The summed E-state index contributed by atoms with van der Waals surface area (Å²) < 4.78 is 0. The molecule has 0 aromatic carbocycles. The zero-order chi connectivity index (χ0) is 17.2. The van der Waals surface area contributed by atoms with Crippen LogP contribution in [0, 0.1) is 5.92 Å². The Morgan fingerprint density at radius 3 is 3.08 bits per heavy atom. The number of anilines is 1. The molecule has 25 heavy (non-hydrogen) atoms. The number of fused-ring (bicyclic) bond motifs is 3. The number of thioether (sulfide) groups is 2. The molecule has 1 N–H and O–H groups in total. The van der Waals surface area contributed by atoms with Crippen molar-refractivity contribution in [2.75, 3.05) is 11.1 Å². The Hall–Kier alpha value is -1.60. The topological polar surface area (TPSA) is 67.8 Å². The summed E-state index contributed by atoms with van der Waals surface area (Å²) in [5, 5.41) is 5.53. The van der Waals surface area contributed by atoms with Crippen LogP contribution in [0.1, 0.15) is 37.7 Å². The van der Waals surface area contributed by atoms with E-state index in [1.165, 1.54) is 36.6 Å². The summed E-state index contributed by atoms with van der Waals surface area (Å²) in [5.74, 6) is 2.18. The first kappa shape index (κ1) is 16.8. The van der Waals surface area contributed by atoms with Crippen molar-refractivity contribution in [3.05, 3.63) is 36.3 Å². The van der Waals surface area contributed by atoms with E-state index in [-0.39, 0.29) is 5.91 Å². The molecule has 2 aromatic heterocycles. The van der Waals surface area contributed by atoms with Gasteiger partial charge in [-0.3, -0.25) is 4.79 Å². The highest BCUT2D eigenvalue weighted by Gasteiger charge is 2.40. The lowest BCUT2D eigenvalue weighted by Crippen LogP contribution is -2.21. The summed E-state index contributed by atoms with van der Waals surface area (Å²) >= 11 is 3.41. The third-order valence-corrected chi connectivity index (χ3v) is 7.15. The third kappa shape index (κ3) is 3.67. The van der Waals surface area contributed by atoms with Crippen LogP contribution in [-0.2, 0) is 4.79 Å². The van der Waals surface area contributed by atoms with Gasteiger partial charge >= 0.3 is 0 Å². The summed E-state index contributed by atoms with van der Waals surface area (Å²) in [4.78, 5) is 25.3. The smallest absolute Gasteiger partial charge is 0.235 e. The molecular weight excluding hydrogens is 352 g/mol. The zero-order valence-corrected chi connectivity index (χ0v) is 15.6. The van der Waals surface area contributed by atoms with E-state index in [4.69, 9.17) is 0 Å². The Morgan fingerprint density at radius 2 is 2.24 bits per heavy atom. The molecule has 1 aliphatic carbocycles. The highest BCUT2D eigenvalue weighted by atomic mass is 32.2. The van der Waals surface area contributed by atoms with E-state index in [1.54, 1.807) is 18.6 Å².